The van der Waals surface area contributed by atoms with Gasteiger partial charge in [-0.3, -0.25) is 9.69 Å². The zero-order valence-electron chi connectivity index (χ0n) is 17.3. The standard InChI is InChI=1S/C21H26ClN3O5S/c1-29-18-6-8-20(9-7-18)31(27,28)25-14-12-24(13-15-25)11-10-23-21(26)16-30-19-4-2-17(22)3-5-19/h2-9H,10-16H2,1H3,(H,23,26). The van der Waals surface area contributed by atoms with Crippen LogP contribution >= 0.6 is 11.6 Å². The molecule has 1 N–H and O–H groups in total. The molecule has 0 radical (unpaired) electrons. The Bertz CT molecular complexity index is 960. The fraction of sp³-hybridized carbons (Fsp3) is 0.381. The minimum atomic E-state index is -3.52. The van der Waals surface area contributed by atoms with Crippen LogP contribution in [0, 0.1) is 0 Å². The lowest BCUT2D eigenvalue weighted by Gasteiger charge is -2.34. The summed E-state index contributed by atoms with van der Waals surface area (Å²) in [5.74, 6) is 0.980. The molecule has 0 spiro atoms. The van der Waals surface area contributed by atoms with Crippen molar-refractivity contribution < 1.29 is 22.7 Å². The predicted octanol–water partition coefficient (Wildman–Crippen LogP) is 1.85. The van der Waals surface area contributed by atoms with Crippen LogP contribution < -0.4 is 14.8 Å². The van der Waals surface area contributed by atoms with Gasteiger partial charge in [-0.25, -0.2) is 8.42 Å². The number of methoxy groups -OCH3 is 1. The molecule has 1 amide bonds. The van der Waals surface area contributed by atoms with E-state index >= 15 is 0 Å². The van der Waals surface area contributed by atoms with Crippen molar-refractivity contribution in [1.82, 2.24) is 14.5 Å². The third-order valence-electron chi connectivity index (χ3n) is 4.96. The third kappa shape index (κ3) is 6.57. The molecule has 8 nitrogen and oxygen atoms in total. The largest absolute Gasteiger partial charge is 0.497 e. The van der Waals surface area contributed by atoms with Gasteiger partial charge in [-0.1, -0.05) is 11.6 Å². The summed E-state index contributed by atoms with van der Waals surface area (Å²) in [6, 6.07) is 13.2. The maximum atomic E-state index is 12.8. The minimum Gasteiger partial charge on any atom is -0.497 e. The van der Waals surface area contributed by atoms with Crippen molar-refractivity contribution in [3.8, 4) is 11.5 Å². The lowest BCUT2D eigenvalue weighted by atomic mass is 10.3. The number of nitrogens with one attached hydrogen (secondary N) is 1. The summed E-state index contributed by atoms with van der Waals surface area (Å²) in [6.45, 7) is 3.05. The molecular formula is C21H26ClN3O5S. The highest BCUT2D eigenvalue weighted by Gasteiger charge is 2.28. The average molecular weight is 468 g/mol. The molecule has 2 aromatic carbocycles. The van der Waals surface area contributed by atoms with Crippen LogP contribution in [-0.4, -0.2) is 76.5 Å². The summed E-state index contributed by atoms with van der Waals surface area (Å²) >= 11 is 5.81. The Morgan fingerprint density at radius 2 is 1.61 bits per heavy atom. The normalized spacial score (nSPS) is 15.4. The molecule has 1 fully saturated rings. The zero-order chi connectivity index (χ0) is 22.3. The molecule has 2 aromatic rings. The Kier molecular flexibility index (Phi) is 8.14. The SMILES string of the molecule is COc1ccc(S(=O)(=O)N2CCN(CCNC(=O)COc3ccc(Cl)cc3)CC2)cc1. The summed E-state index contributed by atoms with van der Waals surface area (Å²) in [5.41, 5.74) is 0. The number of hydrogen-bond donors (Lipinski definition) is 1. The van der Waals surface area contributed by atoms with Gasteiger partial charge in [0.1, 0.15) is 11.5 Å². The molecule has 0 bridgehead atoms. The van der Waals surface area contributed by atoms with E-state index in [0.717, 1.165) is 0 Å². The van der Waals surface area contributed by atoms with Crippen LogP contribution in [0.3, 0.4) is 0 Å². The van der Waals surface area contributed by atoms with Crippen molar-refractivity contribution in [3.63, 3.8) is 0 Å². The van der Waals surface area contributed by atoms with E-state index in [1.165, 1.54) is 11.4 Å². The molecule has 10 heteroatoms. The number of nitrogens with zero attached hydrogens (tertiary/aromatic N) is 2. The van der Waals surface area contributed by atoms with E-state index in [-0.39, 0.29) is 17.4 Å². The Labute approximate surface area is 187 Å². The Hall–Kier alpha value is -2.33. The molecule has 1 saturated heterocycles. The summed E-state index contributed by atoms with van der Waals surface area (Å²) in [5, 5.41) is 3.42. The van der Waals surface area contributed by atoms with Gasteiger partial charge in [-0.2, -0.15) is 4.31 Å². The first-order valence-electron chi connectivity index (χ1n) is 9.90. The van der Waals surface area contributed by atoms with Gasteiger partial charge in [0.05, 0.1) is 12.0 Å². The van der Waals surface area contributed by atoms with Crippen molar-refractivity contribution in [2.75, 3.05) is 53.0 Å². The number of piperazine rings is 1. The topological polar surface area (TPSA) is 88.2 Å². The number of rotatable bonds is 9. The molecule has 168 valence electrons. The fourth-order valence-corrected chi connectivity index (χ4v) is 4.72. The van der Waals surface area contributed by atoms with Gasteiger partial charge in [0.25, 0.3) is 5.91 Å². The van der Waals surface area contributed by atoms with Crippen LogP contribution in [0.4, 0.5) is 0 Å². The number of hydrogen-bond acceptors (Lipinski definition) is 6. The second-order valence-corrected chi connectivity index (χ2v) is 9.39. The van der Waals surface area contributed by atoms with Gasteiger partial charge in [-0.05, 0) is 48.5 Å². The number of halogens is 1. The quantitative estimate of drug-likeness (QED) is 0.605. The maximum absolute atomic E-state index is 12.8. The van der Waals surface area contributed by atoms with Crippen molar-refractivity contribution in [2.24, 2.45) is 0 Å². The van der Waals surface area contributed by atoms with Crippen LogP contribution in [0.15, 0.2) is 53.4 Å². The molecule has 0 atom stereocenters. The Morgan fingerprint density at radius 1 is 1.00 bits per heavy atom. The maximum Gasteiger partial charge on any atom is 0.257 e. The van der Waals surface area contributed by atoms with Crippen molar-refractivity contribution in [3.05, 3.63) is 53.6 Å². The first kappa shape index (κ1) is 23.3. The number of sulfonamides is 1. The average Bonchev–Trinajstić information content (AvgIpc) is 2.79. The molecule has 1 aliphatic rings. The van der Waals surface area contributed by atoms with Gasteiger partial charge in [0.15, 0.2) is 6.61 Å². The van der Waals surface area contributed by atoms with Crippen molar-refractivity contribution >= 4 is 27.5 Å². The zero-order valence-corrected chi connectivity index (χ0v) is 18.9. The van der Waals surface area contributed by atoms with E-state index in [0.29, 0.717) is 55.8 Å². The minimum absolute atomic E-state index is 0.0739. The molecule has 3 rings (SSSR count). The number of carbonyl (C=O) groups excluding carboxylic acids is 1. The van der Waals surface area contributed by atoms with Crippen LogP contribution in [0.1, 0.15) is 0 Å². The predicted molar refractivity (Wildman–Crippen MR) is 118 cm³/mol. The van der Waals surface area contributed by atoms with E-state index in [1.807, 2.05) is 0 Å². The first-order chi connectivity index (χ1) is 14.9. The van der Waals surface area contributed by atoms with Crippen LogP contribution in [0.5, 0.6) is 11.5 Å². The van der Waals surface area contributed by atoms with Crippen LogP contribution in [-0.2, 0) is 14.8 Å². The van der Waals surface area contributed by atoms with Gasteiger partial charge in [-0.15, -0.1) is 0 Å². The smallest absolute Gasteiger partial charge is 0.257 e. The van der Waals surface area contributed by atoms with E-state index in [1.54, 1.807) is 48.5 Å². The van der Waals surface area contributed by atoms with E-state index in [9.17, 15) is 13.2 Å². The molecule has 0 unspecified atom stereocenters. The number of amides is 1. The highest BCUT2D eigenvalue weighted by molar-refractivity contribution is 7.89. The number of carbonyl (C=O) groups is 1. The molecule has 0 aromatic heterocycles. The lowest BCUT2D eigenvalue weighted by Crippen LogP contribution is -2.50. The van der Waals surface area contributed by atoms with Gasteiger partial charge < -0.3 is 14.8 Å². The monoisotopic (exact) mass is 467 g/mol. The van der Waals surface area contributed by atoms with E-state index < -0.39 is 10.0 Å². The highest BCUT2D eigenvalue weighted by Crippen LogP contribution is 2.20. The fourth-order valence-electron chi connectivity index (χ4n) is 3.17. The molecule has 1 aliphatic heterocycles. The van der Waals surface area contributed by atoms with Gasteiger partial charge >= 0.3 is 0 Å². The second kappa shape index (κ2) is 10.8. The first-order valence-corrected chi connectivity index (χ1v) is 11.7. The molecule has 0 aliphatic carbocycles. The molecular weight excluding hydrogens is 442 g/mol. The van der Waals surface area contributed by atoms with E-state index in [2.05, 4.69) is 10.2 Å². The van der Waals surface area contributed by atoms with Crippen molar-refractivity contribution in [1.29, 1.82) is 0 Å². The van der Waals surface area contributed by atoms with Crippen LogP contribution in [0.2, 0.25) is 5.02 Å². The summed E-state index contributed by atoms with van der Waals surface area (Å²) in [7, 11) is -1.98. The van der Waals surface area contributed by atoms with E-state index in [4.69, 9.17) is 21.1 Å². The molecule has 1 heterocycles. The second-order valence-electron chi connectivity index (χ2n) is 7.01. The summed E-state index contributed by atoms with van der Waals surface area (Å²) < 4.78 is 37.6. The van der Waals surface area contributed by atoms with Gasteiger partial charge in [0.2, 0.25) is 10.0 Å². The number of ether oxygens (including phenoxy) is 2. The van der Waals surface area contributed by atoms with Crippen LogP contribution in [0.25, 0.3) is 0 Å². The number of benzene rings is 2. The third-order valence-corrected chi connectivity index (χ3v) is 7.13. The molecule has 0 saturated carbocycles. The Morgan fingerprint density at radius 3 is 2.23 bits per heavy atom. The summed E-state index contributed by atoms with van der Waals surface area (Å²) in [4.78, 5) is 14.3. The Balaban J connectivity index is 1.37. The van der Waals surface area contributed by atoms with Gasteiger partial charge in [0, 0.05) is 44.3 Å². The highest BCUT2D eigenvalue weighted by atomic mass is 35.5. The van der Waals surface area contributed by atoms with Crippen molar-refractivity contribution in [2.45, 2.75) is 4.90 Å². The lowest BCUT2D eigenvalue weighted by molar-refractivity contribution is -0.123. The summed E-state index contributed by atoms with van der Waals surface area (Å²) in [6.07, 6.45) is 0. The molecule has 31 heavy (non-hydrogen) atoms.